The highest BCUT2D eigenvalue weighted by Gasteiger charge is 2.16. The molecule has 4 aromatic carbocycles. The number of fused-ring (bicyclic) bond motifs is 2. The van der Waals surface area contributed by atoms with Gasteiger partial charge in [0.15, 0.2) is 0 Å². The number of thioether (sulfide) groups is 5. The van der Waals surface area contributed by atoms with Crippen LogP contribution in [0.5, 0.6) is 0 Å². The van der Waals surface area contributed by atoms with Gasteiger partial charge in [-0.1, -0.05) is 113 Å². The molecule has 37 heavy (non-hydrogen) atoms. The first-order chi connectivity index (χ1) is 18.4. The summed E-state index contributed by atoms with van der Waals surface area (Å²) in [6.07, 6.45) is 0. The number of benzene rings is 4. The van der Waals surface area contributed by atoms with Gasteiger partial charge in [0.05, 0.1) is 14.2 Å². The minimum absolute atomic E-state index is 0.778. The molecule has 7 rings (SSSR count). The lowest BCUT2D eigenvalue weighted by Crippen LogP contribution is -2.17. The Kier molecular flexibility index (Phi) is 6.56. The van der Waals surface area contributed by atoms with Crippen molar-refractivity contribution in [2.24, 2.45) is 0 Å². The van der Waals surface area contributed by atoms with E-state index in [1.807, 2.05) is 77.4 Å². The Balaban J connectivity index is 1.39. The minimum atomic E-state index is 0.778. The lowest BCUT2D eigenvalue weighted by molar-refractivity contribution is 0.756. The zero-order valence-electron chi connectivity index (χ0n) is 19.3. The van der Waals surface area contributed by atoms with Crippen molar-refractivity contribution >= 4 is 88.8 Å². The van der Waals surface area contributed by atoms with E-state index in [-0.39, 0.29) is 0 Å². The van der Waals surface area contributed by atoms with Crippen molar-refractivity contribution in [3.8, 4) is 5.69 Å². The van der Waals surface area contributed by atoms with E-state index in [0.29, 0.717) is 0 Å². The summed E-state index contributed by atoms with van der Waals surface area (Å²) in [4.78, 5) is 0. The van der Waals surface area contributed by atoms with Gasteiger partial charge in [0.2, 0.25) is 5.16 Å². The molecule has 0 spiro atoms. The van der Waals surface area contributed by atoms with Crippen molar-refractivity contribution in [2.45, 2.75) is 10.9 Å². The van der Waals surface area contributed by atoms with Gasteiger partial charge in [-0.25, -0.2) is 0 Å². The number of aromatic nitrogens is 4. The molecule has 2 aliphatic rings. The van der Waals surface area contributed by atoms with Crippen molar-refractivity contribution in [2.75, 3.05) is 0 Å². The Morgan fingerprint density at radius 1 is 0.649 bits per heavy atom. The fraction of sp³-hybridized carbons (Fsp3) is 0.0357. The average Bonchev–Trinajstić information content (AvgIpc) is 3.74. The van der Waals surface area contributed by atoms with Gasteiger partial charge in [0.1, 0.15) is 0 Å². The zero-order valence-corrected chi connectivity index (χ0v) is 23.4. The Morgan fingerprint density at radius 3 is 1.92 bits per heavy atom. The smallest absolute Gasteiger partial charge is 0.188 e. The molecule has 0 fully saturated rings. The van der Waals surface area contributed by atoms with E-state index < -0.39 is 0 Å². The Morgan fingerprint density at radius 2 is 1.24 bits per heavy atom. The quantitative estimate of drug-likeness (QED) is 0.165. The van der Waals surface area contributed by atoms with Crippen LogP contribution in [0.2, 0.25) is 0 Å². The highest BCUT2D eigenvalue weighted by molar-refractivity contribution is 8.35. The summed E-state index contributed by atoms with van der Waals surface area (Å²) in [6, 6.07) is 25.8. The molecule has 180 valence electrons. The number of tetrazole rings is 1. The van der Waals surface area contributed by atoms with Crippen molar-refractivity contribution in [1.29, 1.82) is 0 Å². The van der Waals surface area contributed by atoms with Gasteiger partial charge in [-0.05, 0) is 77.4 Å². The highest BCUT2D eigenvalue weighted by Crippen LogP contribution is 2.41. The SMILES string of the molecule is C1=CSC(=c2c3ccccc3c(=C3SC=CS3)c3cc(CSc4nnnn4-c4ccccc4)ccc23)S1. The third-order valence-electron chi connectivity index (χ3n) is 6.12. The molecule has 3 heterocycles. The van der Waals surface area contributed by atoms with Crippen LogP contribution in [0.1, 0.15) is 5.56 Å². The summed E-state index contributed by atoms with van der Waals surface area (Å²) < 4.78 is 4.47. The molecule has 0 bridgehead atoms. The van der Waals surface area contributed by atoms with Crippen LogP contribution in [0.3, 0.4) is 0 Å². The molecule has 0 aliphatic carbocycles. The number of para-hydroxylation sites is 1. The van der Waals surface area contributed by atoms with Gasteiger partial charge in [-0.3, -0.25) is 0 Å². The predicted octanol–water partition coefficient (Wildman–Crippen LogP) is 7.29. The van der Waals surface area contributed by atoms with Gasteiger partial charge in [-0.15, -0.1) is 5.10 Å². The molecule has 2 aliphatic heterocycles. The van der Waals surface area contributed by atoms with Crippen molar-refractivity contribution < 1.29 is 0 Å². The maximum atomic E-state index is 4.29. The largest absolute Gasteiger partial charge is 0.214 e. The lowest BCUT2D eigenvalue weighted by Gasteiger charge is -2.12. The van der Waals surface area contributed by atoms with E-state index in [4.69, 9.17) is 0 Å². The van der Waals surface area contributed by atoms with E-state index in [0.717, 1.165) is 16.6 Å². The first-order valence-electron chi connectivity index (χ1n) is 11.5. The molecular weight excluding hydrogens is 553 g/mol. The molecule has 0 amide bonds. The molecule has 4 nitrogen and oxygen atoms in total. The first-order valence-corrected chi connectivity index (χ1v) is 16.0. The third-order valence-corrected chi connectivity index (χ3v) is 11.4. The molecule has 9 heteroatoms. The van der Waals surface area contributed by atoms with E-state index in [2.05, 4.69) is 79.6 Å². The Labute approximate surface area is 234 Å². The Bertz CT molecular complexity index is 1820. The molecule has 0 saturated heterocycles. The molecule has 0 saturated carbocycles. The summed E-state index contributed by atoms with van der Waals surface area (Å²) in [5, 5.41) is 29.8. The predicted molar refractivity (Wildman–Crippen MR) is 165 cm³/mol. The summed E-state index contributed by atoms with van der Waals surface area (Å²) in [5.74, 6) is 0.778. The zero-order chi connectivity index (χ0) is 24.6. The normalized spacial score (nSPS) is 15.0. The van der Waals surface area contributed by atoms with Crippen LogP contribution >= 0.6 is 58.8 Å². The Hall–Kier alpha value is -2.56. The molecule has 0 radical (unpaired) electrons. The number of rotatable bonds is 4. The van der Waals surface area contributed by atoms with Gasteiger partial charge in [0, 0.05) is 16.2 Å². The average molecular weight is 571 g/mol. The van der Waals surface area contributed by atoms with E-state index >= 15 is 0 Å². The number of hydrogen-bond donors (Lipinski definition) is 0. The maximum Gasteiger partial charge on any atom is 0.214 e. The second kappa shape index (κ2) is 10.3. The second-order valence-electron chi connectivity index (χ2n) is 8.26. The third kappa shape index (κ3) is 4.42. The monoisotopic (exact) mass is 570 g/mol. The molecule has 0 N–H and O–H groups in total. The van der Waals surface area contributed by atoms with Crippen LogP contribution in [0.25, 0.3) is 35.7 Å². The van der Waals surface area contributed by atoms with Crippen LogP contribution in [0.15, 0.2) is 99.6 Å². The molecule has 0 unspecified atom stereocenters. The number of hydrogen-bond acceptors (Lipinski definition) is 8. The summed E-state index contributed by atoms with van der Waals surface area (Å²) in [6.45, 7) is 0. The molecular formula is C28H18N4S5. The lowest BCUT2D eigenvalue weighted by atomic mass is 9.97. The molecule has 0 atom stereocenters. The van der Waals surface area contributed by atoms with Crippen molar-refractivity contribution in [3.63, 3.8) is 0 Å². The fourth-order valence-corrected chi connectivity index (χ4v) is 9.23. The molecule has 5 aromatic rings. The van der Waals surface area contributed by atoms with Crippen LogP contribution < -0.4 is 10.4 Å². The maximum absolute atomic E-state index is 4.29. The van der Waals surface area contributed by atoms with Crippen LogP contribution in [0.4, 0.5) is 0 Å². The highest BCUT2D eigenvalue weighted by atomic mass is 32.2. The summed E-state index contributed by atoms with van der Waals surface area (Å²) in [5.41, 5.74) is 2.21. The summed E-state index contributed by atoms with van der Waals surface area (Å²) in [7, 11) is 0. The second-order valence-corrected chi connectivity index (χ2v) is 13.4. The fourth-order valence-electron chi connectivity index (χ4n) is 4.55. The van der Waals surface area contributed by atoms with Crippen molar-refractivity contribution in [3.05, 3.63) is 110 Å². The molecule has 1 aromatic heterocycles. The van der Waals surface area contributed by atoms with Crippen LogP contribution in [-0.2, 0) is 5.75 Å². The minimum Gasteiger partial charge on any atom is -0.188 e. The van der Waals surface area contributed by atoms with Crippen LogP contribution in [-0.4, -0.2) is 20.2 Å². The first kappa shape index (κ1) is 23.5. The van der Waals surface area contributed by atoms with Crippen LogP contribution in [0, 0.1) is 0 Å². The van der Waals surface area contributed by atoms with Crippen molar-refractivity contribution in [1.82, 2.24) is 20.2 Å². The number of nitrogens with zero attached hydrogens (tertiary/aromatic N) is 4. The van der Waals surface area contributed by atoms with Gasteiger partial charge in [0.25, 0.3) is 0 Å². The topological polar surface area (TPSA) is 43.6 Å². The standard InChI is InChI=1S/C28H18N4S5/c1-2-6-19(7-3-1)32-28(29-30-31-32)37-17-18-10-11-22-23(16-18)25(27-35-14-15-36-27)21-9-5-4-8-20(21)24(22)26-33-12-13-34-26/h1-16H,17H2. The van der Waals surface area contributed by atoms with E-state index in [9.17, 15) is 0 Å². The van der Waals surface area contributed by atoms with Gasteiger partial charge >= 0.3 is 0 Å². The summed E-state index contributed by atoms with van der Waals surface area (Å²) >= 11 is 8.92. The van der Waals surface area contributed by atoms with Gasteiger partial charge in [-0.2, -0.15) is 4.68 Å². The van der Waals surface area contributed by atoms with E-state index in [1.54, 1.807) is 16.4 Å². The van der Waals surface area contributed by atoms with E-state index in [1.165, 1.54) is 46.0 Å². The van der Waals surface area contributed by atoms with Gasteiger partial charge < -0.3 is 0 Å².